The maximum absolute atomic E-state index is 10.8. The van der Waals surface area contributed by atoms with Gasteiger partial charge in [-0.2, -0.15) is 0 Å². The van der Waals surface area contributed by atoms with Crippen LogP contribution in [-0.4, -0.2) is 17.1 Å². The molecule has 0 spiro atoms. The molecule has 1 heterocycles. The molecule has 1 aliphatic rings. The van der Waals surface area contributed by atoms with Crippen LogP contribution >= 0.6 is 11.8 Å². The van der Waals surface area contributed by atoms with Crippen molar-refractivity contribution in [1.82, 2.24) is 0 Å². The van der Waals surface area contributed by atoms with Gasteiger partial charge in [-0.1, -0.05) is 12.1 Å². The smallest absolute Gasteiger partial charge is 0.302 e. The van der Waals surface area contributed by atoms with Crippen molar-refractivity contribution in [3.63, 3.8) is 0 Å². The molecule has 1 atom stereocenters. The highest BCUT2D eigenvalue weighted by Crippen LogP contribution is 2.38. The Kier molecular flexibility index (Phi) is 3.38. The molecule has 0 aliphatic carbocycles. The molecule has 0 fully saturated rings. The Morgan fingerprint density at radius 2 is 2.41 bits per heavy atom. The minimum atomic E-state index is -0.281. The van der Waals surface area contributed by atoms with Gasteiger partial charge in [0.25, 0.3) is 0 Å². The molecule has 5 heteroatoms. The fourth-order valence-electron chi connectivity index (χ4n) is 1.82. The number of hydrogen-bond donors (Lipinski definition) is 2. The second kappa shape index (κ2) is 4.79. The van der Waals surface area contributed by atoms with Crippen molar-refractivity contribution in [1.29, 1.82) is 5.41 Å². The molecule has 0 saturated carbocycles. The van der Waals surface area contributed by atoms with E-state index in [1.807, 2.05) is 18.2 Å². The Labute approximate surface area is 104 Å². The summed E-state index contributed by atoms with van der Waals surface area (Å²) in [5.41, 5.74) is 7.69. The number of hydrogen-bond acceptors (Lipinski definition) is 4. The summed E-state index contributed by atoms with van der Waals surface area (Å²) in [6, 6.07) is 5.90. The third-order valence-electron chi connectivity index (χ3n) is 2.67. The molecule has 0 aromatic heterocycles. The normalized spacial score (nSPS) is 17.6. The van der Waals surface area contributed by atoms with Crippen molar-refractivity contribution in [2.24, 2.45) is 5.73 Å². The van der Waals surface area contributed by atoms with Gasteiger partial charge in [-0.15, -0.1) is 11.8 Å². The van der Waals surface area contributed by atoms with E-state index in [2.05, 4.69) is 0 Å². The molecule has 0 bridgehead atoms. The summed E-state index contributed by atoms with van der Waals surface area (Å²) in [6.45, 7) is 1.69. The number of rotatable bonds is 3. The first-order valence-electron chi connectivity index (χ1n) is 5.32. The molecule has 0 saturated heterocycles. The number of carbonyl (C=O) groups is 1. The molecule has 3 N–H and O–H groups in total. The number of nitrogens with two attached hydrogens (primary N) is 1. The van der Waals surface area contributed by atoms with Crippen LogP contribution in [0.15, 0.2) is 23.1 Å². The average molecular weight is 250 g/mol. The van der Waals surface area contributed by atoms with E-state index in [1.54, 1.807) is 11.8 Å². The monoisotopic (exact) mass is 250 g/mol. The number of fused-ring (bicyclic) bond motifs is 1. The lowest BCUT2D eigenvalue weighted by Crippen LogP contribution is -2.24. The summed E-state index contributed by atoms with van der Waals surface area (Å²) in [5, 5.41) is 7.50. The molecule has 17 heavy (non-hydrogen) atoms. The van der Waals surface area contributed by atoms with Gasteiger partial charge in [0.15, 0.2) is 0 Å². The Balaban J connectivity index is 2.19. The number of amidine groups is 1. The number of carbonyl (C=O) groups excluding carboxylic acids is 1. The zero-order chi connectivity index (χ0) is 12.4. The predicted octanol–water partition coefficient (Wildman–Crippen LogP) is 1.70. The van der Waals surface area contributed by atoms with Gasteiger partial charge in [-0.25, -0.2) is 0 Å². The quantitative estimate of drug-likeness (QED) is 0.486. The summed E-state index contributed by atoms with van der Waals surface area (Å²) in [4.78, 5) is 11.9. The lowest BCUT2D eigenvalue weighted by Gasteiger charge is -2.07. The maximum Gasteiger partial charge on any atom is 0.302 e. The largest absolute Gasteiger partial charge is 0.461 e. The Hall–Kier alpha value is -1.49. The van der Waals surface area contributed by atoms with E-state index in [9.17, 15) is 4.79 Å². The van der Waals surface area contributed by atoms with Crippen LogP contribution < -0.4 is 5.73 Å². The zero-order valence-corrected chi connectivity index (χ0v) is 10.3. The standard InChI is InChI=1S/C12H14N2O2S/c1-7(15)16-6-8-3-2-4-10-9(8)5-11(17-10)12(13)14/h2-4,11H,5-6H2,1H3,(H3,13,14). The number of esters is 1. The van der Waals surface area contributed by atoms with Gasteiger partial charge in [-0.05, 0) is 23.6 Å². The summed E-state index contributed by atoms with van der Waals surface area (Å²) in [5.74, 6) is -0.0824. The molecule has 0 amide bonds. The van der Waals surface area contributed by atoms with Crippen LogP contribution in [-0.2, 0) is 22.6 Å². The van der Waals surface area contributed by atoms with E-state index in [4.69, 9.17) is 15.9 Å². The minimum Gasteiger partial charge on any atom is -0.461 e. The number of nitrogens with one attached hydrogen (secondary N) is 1. The predicted molar refractivity (Wildman–Crippen MR) is 67.2 cm³/mol. The van der Waals surface area contributed by atoms with Crippen molar-refractivity contribution in [3.8, 4) is 0 Å². The third kappa shape index (κ3) is 2.61. The highest BCUT2D eigenvalue weighted by molar-refractivity contribution is 8.01. The minimum absolute atomic E-state index is 0.0171. The Bertz CT molecular complexity index is 474. The fraction of sp³-hybridized carbons (Fsp3) is 0.333. The lowest BCUT2D eigenvalue weighted by molar-refractivity contribution is -0.142. The summed E-state index contributed by atoms with van der Waals surface area (Å²) in [6.07, 6.45) is 0.743. The lowest BCUT2D eigenvalue weighted by atomic mass is 10.0. The highest BCUT2D eigenvalue weighted by atomic mass is 32.2. The summed E-state index contributed by atoms with van der Waals surface area (Å²) < 4.78 is 5.02. The molecule has 1 unspecified atom stereocenters. The Morgan fingerprint density at radius 1 is 1.65 bits per heavy atom. The maximum atomic E-state index is 10.8. The Morgan fingerprint density at radius 3 is 3.06 bits per heavy atom. The first-order valence-corrected chi connectivity index (χ1v) is 6.20. The van der Waals surface area contributed by atoms with E-state index in [0.29, 0.717) is 6.61 Å². The van der Waals surface area contributed by atoms with Crippen molar-refractivity contribution >= 4 is 23.6 Å². The third-order valence-corrected chi connectivity index (χ3v) is 4.01. The van der Waals surface area contributed by atoms with Crippen LogP contribution in [0.4, 0.5) is 0 Å². The topological polar surface area (TPSA) is 76.2 Å². The first kappa shape index (κ1) is 12.0. The molecule has 90 valence electrons. The molecule has 2 rings (SSSR count). The van der Waals surface area contributed by atoms with Gasteiger partial charge < -0.3 is 10.5 Å². The van der Waals surface area contributed by atoms with Crippen LogP contribution in [0.25, 0.3) is 0 Å². The second-order valence-corrected chi connectivity index (χ2v) is 5.18. The van der Waals surface area contributed by atoms with Gasteiger partial charge in [0.2, 0.25) is 0 Å². The van der Waals surface area contributed by atoms with Gasteiger partial charge >= 0.3 is 5.97 Å². The van der Waals surface area contributed by atoms with E-state index in [1.165, 1.54) is 6.92 Å². The molecular weight excluding hydrogens is 236 g/mol. The highest BCUT2D eigenvalue weighted by Gasteiger charge is 2.26. The van der Waals surface area contributed by atoms with Crippen molar-refractivity contribution < 1.29 is 9.53 Å². The molecule has 4 nitrogen and oxygen atoms in total. The average Bonchev–Trinajstić information content (AvgIpc) is 2.70. The molecule has 1 aliphatic heterocycles. The van der Waals surface area contributed by atoms with Crippen LogP contribution in [0, 0.1) is 5.41 Å². The van der Waals surface area contributed by atoms with Crippen LogP contribution in [0.3, 0.4) is 0 Å². The molecular formula is C12H14N2O2S. The molecule has 1 aromatic rings. The molecule has 1 aromatic carbocycles. The van der Waals surface area contributed by atoms with Crippen LogP contribution in [0.5, 0.6) is 0 Å². The van der Waals surface area contributed by atoms with E-state index < -0.39 is 0 Å². The van der Waals surface area contributed by atoms with E-state index >= 15 is 0 Å². The van der Waals surface area contributed by atoms with Gasteiger partial charge in [0.1, 0.15) is 12.4 Å². The van der Waals surface area contributed by atoms with Crippen molar-refractivity contribution in [2.45, 2.75) is 30.1 Å². The van der Waals surface area contributed by atoms with E-state index in [-0.39, 0.29) is 17.1 Å². The summed E-state index contributed by atoms with van der Waals surface area (Å²) >= 11 is 1.60. The zero-order valence-electron chi connectivity index (χ0n) is 9.53. The van der Waals surface area contributed by atoms with Crippen molar-refractivity contribution in [2.75, 3.05) is 0 Å². The van der Waals surface area contributed by atoms with E-state index in [0.717, 1.165) is 22.4 Å². The number of benzene rings is 1. The fourth-order valence-corrected chi connectivity index (χ4v) is 3.02. The number of ether oxygens (including phenoxy) is 1. The summed E-state index contributed by atoms with van der Waals surface area (Å²) in [7, 11) is 0. The van der Waals surface area contributed by atoms with Crippen molar-refractivity contribution in [3.05, 3.63) is 29.3 Å². The van der Waals surface area contributed by atoms with Crippen LogP contribution in [0.2, 0.25) is 0 Å². The SMILES string of the molecule is CC(=O)OCc1cccc2c1CC(C(=N)N)S2. The van der Waals surface area contributed by atoms with Gasteiger partial charge in [-0.3, -0.25) is 10.2 Å². The van der Waals surface area contributed by atoms with Gasteiger partial charge in [0, 0.05) is 11.8 Å². The van der Waals surface area contributed by atoms with Crippen LogP contribution in [0.1, 0.15) is 18.1 Å². The first-order chi connectivity index (χ1) is 8.08. The second-order valence-electron chi connectivity index (χ2n) is 3.94. The van der Waals surface area contributed by atoms with Gasteiger partial charge in [0.05, 0.1) is 5.25 Å². The molecule has 0 radical (unpaired) electrons. The number of thioether (sulfide) groups is 1.